The number of aryl methyl sites for hydroxylation is 2. The zero-order chi connectivity index (χ0) is 14.7. The fourth-order valence-electron chi connectivity index (χ4n) is 2.91. The van der Waals surface area contributed by atoms with E-state index >= 15 is 0 Å². The second kappa shape index (κ2) is 7.01. The number of nitrogens with zero attached hydrogens (tertiary/aromatic N) is 1. The van der Waals surface area contributed by atoms with Crippen molar-refractivity contribution in [1.29, 1.82) is 0 Å². The number of halogens is 1. The molecule has 0 radical (unpaired) electrons. The molecule has 0 spiro atoms. The lowest BCUT2D eigenvalue weighted by Crippen LogP contribution is -2.29. The summed E-state index contributed by atoms with van der Waals surface area (Å²) in [5.41, 5.74) is 5.71. The molecule has 0 fully saturated rings. The molecule has 0 saturated heterocycles. The molecule has 3 N–H and O–H groups in total. The molecule has 2 aromatic heterocycles. The molecule has 0 aliphatic heterocycles. The van der Waals surface area contributed by atoms with Gasteiger partial charge in [-0.25, -0.2) is 0 Å². The fraction of sp³-hybridized carbons (Fsp3) is 0.438. The van der Waals surface area contributed by atoms with Crippen LogP contribution in [0.25, 0.3) is 0 Å². The third-order valence-electron chi connectivity index (χ3n) is 4.01. The van der Waals surface area contributed by atoms with Crippen LogP contribution in [0.1, 0.15) is 46.2 Å². The Labute approximate surface area is 138 Å². The molecule has 0 amide bonds. The van der Waals surface area contributed by atoms with E-state index in [4.69, 9.17) is 5.84 Å². The van der Waals surface area contributed by atoms with Gasteiger partial charge < -0.3 is 0 Å². The highest BCUT2D eigenvalue weighted by atomic mass is 79.9. The van der Waals surface area contributed by atoms with Gasteiger partial charge in [0.2, 0.25) is 0 Å². The molecule has 0 bridgehead atoms. The molecular formula is C16H20BrN3S. The van der Waals surface area contributed by atoms with Crippen molar-refractivity contribution < 1.29 is 0 Å². The number of nitrogens with one attached hydrogen (secondary N) is 1. The number of rotatable bonds is 4. The van der Waals surface area contributed by atoms with Crippen LogP contribution in [0, 0.1) is 0 Å². The lowest BCUT2D eigenvalue weighted by atomic mass is 10.1. The van der Waals surface area contributed by atoms with Gasteiger partial charge >= 0.3 is 0 Å². The summed E-state index contributed by atoms with van der Waals surface area (Å²) < 4.78 is 1.01. The van der Waals surface area contributed by atoms with Gasteiger partial charge in [-0.3, -0.25) is 16.3 Å². The predicted molar refractivity (Wildman–Crippen MR) is 91.3 cm³/mol. The maximum atomic E-state index is 5.80. The van der Waals surface area contributed by atoms with E-state index in [-0.39, 0.29) is 6.04 Å². The van der Waals surface area contributed by atoms with Gasteiger partial charge in [0, 0.05) is 26.6 Å². The highest BCUT2D eigenvalue weighted by Gasteiger charge is 2.18. The van der Waals surface area contributed by atoms with Crippen molar-refractivity contribution in [1.82, 2.24) is 10.4 Å². The van der Waals surface area contributed by atoms with Gasteiger partial charge in [-0.1, -0.05) is 6.42 Å². The molecule has 1 atom stereocenters. The number of pyridine rings is 1. The minimum absolute atomic E-state index is 0.165. The Morgan fingerprint density at radius 1 is 1.24 bits per heavy atom. The molecule has 2 heterocycles. The number of nitrogens with two attached hydrogens (primary N) is 1. The lowest BCUT2D eigenvalue weighted by Gasteiger charge is -2.14. The van der Waals surface area contributed by atoms with Crippen LogP contribution in [-0.2, 0) is 19.3 Å². The SMILES string of the molecule is NNC(Cc1cncc(Br)c1)c1cc2c(s1)CCCCC2. The van der Waals surface area contributed by atoms with Crippen LogP contribution in [0.2, 0.25) is 0 Å². The number of aromatic nitrogens is 1. The van der Waals surface area contributed by atoms with Gasteiger partial charge in [-0.15, -0.1) is 11.3 Å². The predicted octanol–water partition coefficient (Wildman–Crippen LogP) is 3.92. The van der Waals surface area contributed by atoms with Crippen LogP contribution in [0.15, 0.2) is 29.0 Å². The van der Waals surface area contributed by atoms with Crippen molar-refractivity contribution in [2.75, 3.05) is 0 Å². The largest absolute Gasteiger partial charge is 0.271 e. The van der Waals surface area contributed by atoms with Crippen LogP contribution in [0.4, 0.5) is 0 Å². The molecule has 2 aromatic rings. The van der Waals surface area contributed by atoms with Crippen molar-refractivity contribution in [3.8, 4) is 0 Å². The summed E-state index contributed by atoms with van der Waals surface area (Å²) in [6, 6.07) is 4.63. The second-order valence-electron chi connectivity index (χ2n) is 5.59. The third-order valence-corrected chi connectivity index (χ3v) is 5.80. The summed E-state index contributed by atoms with van der Waals surface area (Å²) in [6.45, 7) is 0. The molecule has 21 heavy (non-hydrogen) atoms. The van der Waals surface area contributed by atoms with E-state index in [1.54, 1.807) is 10.4 Å². The summed E-state index contributed by atoms with van der Waals surface area (Å²) in [5, 5.41) is 0. The van der Waals surface area contributed by atoms with E-state index in [0.717, 1.165) is 10.9 Å². The van der Waals surface area contributed by atoms with Crippen LogP contribution < -0.4 is 11.3 Å². The van der Waals surface area contributed by atoms with Crippen molar-refractivity contribution in [3.05, 3.63) is 49.9 Å². The molecule has 1 aliphatic carbocycles. The summed E-state index contributed by atoms with van der Waals surface area (Å²) in [6.07, 6.45) is 11.0. The first-order valence-electron chi connectivity index (χ1n) is 7.43. The summed E-state index contributed by atoms with van der Waals surface area (Å²) >= 11 is 5.40. The van der Waals surface area contributed by atoms with Gasteiger partial charge in [-0.05, 0) is 71.3 Å². The maximum Gasteiger partial charge on any atom is 0.0594 e. The van der Waals surface area contributed by atoms with E-state index < -0.39 is 0 Å². The average Bonchev–Trinajstić information content (AvgIpc) is 2.75. The van der Waals surface area contributed by atoms with E-state index in [9.17, 15) is 0 Å². The molecule has 1 unspecified atom stereocenters. The monoisotopic (exact) mass is 365 g/mol. The Morgan fingerprint density at radius 2 is 2.10 bits per heavy atom. The molecule has 0 aromatic carbocycles. The molecule has 3 rings (SSSR count). The van der Waals surface area contributed by atoms with Gasteiger partial charge in [0.25, 0.3) is 0 Å². The highest BCUT2D eigenvalue weighted by molar-refractivity contribution is 9.10. The maximum absolute atomic E-state index is 5.80. The summed E-state index contributed by atoms with van der Waals surface area (Å²) in [7, 11) is 0. The van der Waals surface area contributed by atoms with Crippen molar-refractivity contribution in [3.63, 3.8) is 0 Å². The third kappa shape index (κ3) is 3.72. The van der Waals surface area contributed by atoms with Gasteiger partial charge in [0.1, 0.15) is 0 Å². The molecule has 5 heteroatoms. The van der Waals surface area contributed by atoms with E-state index in [1.165, 1.54) is 42.5 Å². The first kappa shape index (κ1) is 15.2. The van der Waals surface area contributed by atoms with E-state index in [2.05, 4.69) is 38.5 Å². The van der Waals surface area contributed by atoms with E-state index in [1.807, 2.05) is 23.7 Å². The Bertz CT molecular complexity index is 588. The Kier molecular flexibility index (Phi) is 5.06. The minimum Gasteiger partial charge on any atom is -0.271 e. The van der Waals surface area contributed by atoms with Gasteiger partial charge in [0.05, 0.1) is 6.04 Å². The number of thiophene rings is 1. The fourth-order valence-corrected chi connectivity index (χ4v) is 4.64. The normalized spacial score (nSPS) is 16.3. The average molecular weight is 366 g/mol. The van der Waals surface area contributed by atoms with Gasteiger partial charge in [-0.2, -0.15) is 0 Å². The first-order valence-corrected chi connectivity index (χ1v) is 9.04. The standard InChI is InChI=1S/C16H20BrN3S/c17-13-6-11(9-19-10-13)7-14(20-18)16-8-12-4-2-1-3-5-15(12)21-16/h6,8-10,14,20H,1-5,7,18H2. The molecule has 3 nitrogen and oxygen atoms in total. The Morgan fingerprint density at radius 3 is 2.90 bits per heavy atom. The van der Waals surface area contributed by atoms with Crippen LogP contribution in [0.3, 0.4) is 0 Å². The zero-order valence-electron chi connectivity index (χ0n) is 11.9. The summed E-state index contributed by atoms with van der Waals surface area (Å²) in [4.78, 5) is 7.15. The Hall–Kier alpha value is -0.750. The first-order chi connectivity index (χ1) is 10.3. The lowest BCUT2D eigenvalue weighted by molar-refractivity contribution is 0.559. The van der Waals surface area contributed by atoms with Crippen molar-refractivity contribution in [2.24, 2.45) is 5.84 Å². The van der Waals surface area contributed by atoms with Crippen LogP contribution in [0.5, 0.6) is 0 Å². The molecule has 112 valence electrons. The second-order valence-corrected chi connectivity index (χ2v) is 7.68. The van der Waals surface area contributed by atoms with Crippen molar-refractivity contribution in [2.45, 2.75) is 44.6 Å². The Balaban J connectivity index is 1.80. The number of hydrazine groups is 1. The zero-order valence-corrected chi connectivity index (χ0v) is 14.3. The van der Waals surface area contributed by atoms with Crippen LogP contribution in [-0.4, -0.2) is 4.98 Å². The quantitative estimate of drug-likeness (QED) is 0.490. The number of hydrogen-bond acceptors (Lipinski definition) is 4. The number of fused-ring (bicyclic) bond motifs is 1. The molecular weight excluding hydrogens is 346 g/mol. The van der Waals surface area contributed by atoms with Gasteiger partial charge in [0.15, 0.2) is 0 Å². The number of hydrogen-bond donors (Lipinski definition) is 2. The molecule has 1 aliphatic rings. The topological polar surface area (TPSA) is 50.9 Å². The summed E-state index contributed by atoms with van der Waals surface area (Å²) in [5.74, 6) is 5.80. The molecule has 0 saturated carbocycles. The highest BCUT2D eigenvalue weighted by Crippen LogP contribution is 2.33. The smallest absolute Gasteiger partial charge is 0.0594 e. The minimum atomic E-state index is 0.165. The van der Waals surface area contributed by atoms with Crippen molar-refractivity contribution >= 4 is 27.3 Å². The van der Waals surface area contributed by atoms with Crippen LogP contribution >= 0.6 is 27.3 Å². The van der Waals surface area contributed by atoms with E-state index in [0.29, 0.717) is 0 Å².